The Morgan fingerprint density at radius 1 is 0.821 bits per heavy atom. The molecule has 0 spiro atoms. The summed E-state index contributed by atoms with van der Waals surface area (Å²) >= 11 is 0. The standard InChI is InChI=1S/C23H27N3O2/c1-16-5-8-19(9-6-16)26-22(27)15-21(23(26)28)25-12-10-24(11-13-25)20-14-17(2)4-7-18(20)3/h4-9,14,21H,10-13,15H2,1-3H3. The fourth-order valence-electron chi connectivity index (χ4n) is 4.20. The van der Waals surface area contributed by atoms with Gasteiger partial charge in [-0.15, -0.1) is 0 Å². The molecule has 146 valence electrons. The number of anilines is 2. The maximum Gasteiger partial charge on any atom is 0.251 e. The number of hydrogen-bond donors (Lipinski definition) is 0. The van der Waals surface area contributed by atoms with Crippen LogP contribution in [-0.4, -0.2) is 48.9 Å². The van der Waals surface area contributed by atoms with Gasteiger partial charge in [0.2, 0.25) is 5.91 Å². The first-order valence-electron chi connectivity index (χ1n) is 9.94. The predicted molar refractivity (Wildman–Crippen MR) is 112 cm³/mol. The highest BCUT2D eigenvalue weighted by molar-refractivity contribution is 6.22. The van der Waals surface area contributed by atoms with Crippen LogP contribution in [0.1, 0.15) is 23.1 Å². The quantitative estimate of drug-likeness (QED) is 0.771. The summed E-state index contributed by atoms with van der Waals surface area (Å²) in [6.07, 6.45) is 0.274. The van der Waals surface area contributed by atoms with Crippen LogP contribution in [-0.2, 0) is 9.59 Å². The van der Waals surface area contributed by atoms with Crippen LogP contribution in [0, 0.1) is 20.8 Å². The third-order valence-electron chi connectivity index (χ3n) is 5.88. The van der Waals surface area contributed by atoms with Crippen molar-refractivity contribution < 1.29 is 9.59 Å². The van der Waals surface area contributed by atoms with Crippen molar-refractivity contribution in [2.45, 2.75) is 33.2 Å². The molecule has 2 aromatic rings. The highest BCUT2D eigenvalue weighted by Gasteiger charge is 2.43. The lowest BCUT2D eigenvalue weighted by atomic mass is 10.1. The molecule has 2 aromatic carbocycles. The van der Waals surface area contributed by atoms with Gasteiger partial charge in [-0.05, 0) is 50.1 Å². The number of carbonyl (C=O) groups excluding carboxylic acids is 2. The van der Waals surface area contributed by atoms with Crippen LogP contribution >= 0.6 is 0 Å². The molecule has 0 N–H and O–H groups in total. The summed E-state index contributed by atoms with van der Waals surface area (Å²) in [5, 5.41) is 0. The van der Waals surface area contributed by atoms with Gasteiger partial charge in [0.05, 0.1) is 18.2 Å². The summed E-state index contributed by atoms with van der Waals surface area (Å²) in [4.78, 5) is 31.5. The molecule has 5 nitrogen and oxygen atoms in total. The molecule has 1 unspecified atom stereocenters. The van der Waals surface area contributed by atoms with Crippen molar-refractivity contribution in [2.75, 3.05) is 36.0 Å². The number of aryl methyl sites for hydroxylation is 3. The third kappa shape index (κ3) is 3.42. The molecular formula is C23H27N3O2. The second-order valence-corrected chi connectivity index (χ2v) is 7.94. The monoisotopic (exact) mass is 377 g/mol. The van der Waals surface area contributed by atoms with E-state index in [1.54, 1.807) is 0 Å². The van der Waals surface area contributed by atoms with Gasteiger partial charge in [-0.25, -0.2) is 4.90 Å². The van der Waals surface area contributed by atoms with Gasteiger partial charge in [0.25, 0.3) is 5.91 Å². The molecule has 1 atom stereocenters. The average Bonchev–Trinajstić information content (AvgIpc) is 2.99. The number of piperazine rings is 1. The normalized spacial score (nSPS) is 20.9. The second-order valence-electron chi connectivity index (χ2n) is 7.94. The van der Waals surface area contributed by atoms with Gasteiger partial charge in [-0.3, -0.25) is 14.5 Å². The van der Waals surface area contributed by atoms with Crippen LogP contribution in [0.5, 0.6) is 0 Å². The highest BCUT2D eigenvalue weighted by Crippen LogP contribution is 2.28. The molecule has 2 fully saturated rings. The second kappa shape index (κ2) is 7.40. The van der Waals surface area contributed by atoms with Crippen molar-refractivity contribution >= 4 is 23.2 Å². The van der Waals surface area contributed by atoms with Gasteiger partial charge in [0.1, 0.15) is 0 Å². The molecular weight excluding hydrogens is 350 g/mol. The summed E-state index contributed by atoms with van der Waals surface area (Å²) in [6.45, 7) is 9.56. The predicted octanol–water partition coefficient (Wildman–Crippen LogP) is 3.07. The van der Waals surface area contributed by atoms with Gasteiger partial charge < -0.3 is 4.90 Å². The largest absolute Gasteiger partial charge is 0.369 e. The van der Waals surface area contributed by atoms with Gasteiger partial charge in [0.15, 0.2) is 0 Å². The molecule has 0 bridgehead atoms. The van der Waals surface area contributed by atoms with E-state index in [4.69, 9.17) is 0 Å². The molecule has 0 aromatic heterocycles. The van der Waals surface area contributed by atoms with Crippen LogP contribution in [0.3, 0.4) is 0 Å². The number of hydrogen-bond acceptors (Lipinski definition) is 4. The Labute approximate surface area is 166 Å². The molecule has 2 aliphatic rings. The van der Waals surface area contributed by atoms with Crippen LogP contribution in [0.4, 0.5) is 11.4 Å². The zero-order valence-electron chi connectivity index (χ0n) is 16.8. The molecule has 0 saturated carbocycles. The Kier molecular flexibility index (Phi) is 4.94. The fourth-order valence-corrected chi connectivity index (χ4v) is 4.20. The Hall–Kier alpha value is -2.66. The summed E-state index contributed by atoms with van der Waals surface area (Å²) < 4.78 is 0. The number of rotatable bonds is 3. The molecule has 0 radical (unpaired) electrons. The van der Waals surface area contributed by atoms with Crippen molar-refractivity contribution in [3.8, 4) is 0 Å². The van der Waals surface area contributed by atoms with Crippen molar-refractivity contribution in [2.24, 2.45) is 0 Å². The molecule has 2 amide bonds. The van der Waals surface area contributed by atoms with E-state index in [1.165, 1.54) is 21.7 Å². The Morgan fingerprint density at radius 2 is 1.46 bits per heavy atom. The van der Waals surface area contributed by atoms with E-state index in [9.17, 15) is 9.59 Å². The maximum atomic E-state index is 13.0. The number of amides is 2. The van der Waals surface area contributed by atoms with E-state index >= 15 is 0 Å². The minimum absolute atomic E-state index is 0.0889. The zero-order chi connectivity index (χ0) is 19.8. The van der Waals surface area contributed by atoms with Crippen molar-refractivity contribution in [1.82, 2.24) is 4.90 Å². The highest BCUT2D eigenvalue weighted by atomic mass is 16.2. The summed E-state index contributed by atoms with van der Waals surface area (Å²) in [7, 11) is 0. The van der Waals surface area contributed by atoms with E-state index in [2.05, 4.69) is 41.8 Å². The van der Waals surface area contributed by atoms with Crippen LogP contribution in [0.2, 0.25) is 0 Å². The summed E-state index contributed by atoms with van der Waals surface area (Å²) in [5.41, 5.74) is 5.60. The Bertz CT molecular complexity index is 899. The number of imide groups is 1. The molecule has 4 rings (SSSR count). The van der Waals surface area contributed by atoms with Crippen LogP contribution in [0.15, 0.2) is 42.5 Å². The number of carbonyl (C=O) groups is 2. The molecule has 2 heterocycles. The summed E-state index contributed by atoms with van der Waals surface area (Å²) in [5.74, 6) is -0.190. The lowest BCUT2D eigenvalue weighted by Gasteiger charge is -2.38. The van der Waals surface area contributed by atoms with Crippen molar-refractivity contribution in [3.63, 3.8) is 0 Å². The van der Waals surface area contributed by atoms with E-state index in [0.717, 1.165) is 31.7 Å². The molecule has 0 aliphatic carbocycles. The van der Waals surface area contributed by atoms with E-state index in [0.29, 0.717) is 5.69 Å². The van der Waals surface area contributed by atoms with E-state index in [-0.39, 0.29) is 24.3 Å². The number of nitrogens with zero attached hydrogens (tertiary/aromatic N) is 3. The minimum atomic E-state index is -0.338. The molecule has 28 heavy (non-hydrogen) atoms. The van der Waals surface area contributed by atoms with E-state index < -0.39 is 0 Å². The summed E-state index contributed by atoms with van der Waals surface area (Å²) in [6, 6.07) is 13.8. The minimum Gasteiger partial charge on any atom is -0.369 e. The third-order valence-corrected chi connectivity index (χ3v) is 5.88. The maximum absolute atomic E-state index is 13.0. The first-order chi connectivity index (χ1) is 13.4. The van der Waals surface area contributed by atoms with Crippen molar-refractivity contribution in [1.29, 1.82) is 0 Å². The number of benzene rings is 2. The van der Waals surface area contributed by atoms with Crippen molar-refractivity contribution in [3.05, 3.63) is 59.2 Å². The first kappa shape index (κ1) is 18.7. The van der Waals surface area contributed by atoms with E-state index in [1.807, 2.05) is 31.2 Å². The topological polar surface area (TPSA) is 43.9 Å². The average molecular weight is 377 g/mol. The first-order valence-corrected chi connectivity index (χ1v) is 9.94. The van der Waals surface area contributed by atoms with Gasteiger partial charge in [-0.2, -0.15) is 0 Å². The van der Waals surface area contributed by atoms with Crippen LogP contribution in [0.25, 0.3) is 0 Å². The molecule has 5 heteroatoms. The zero-order valence-corrected chi connectivity index (χ0v) is 16.8. The lowest BCUT2D eigenvalue weighted by molar-refractivity contribution is -0.123. The fraction of sp³-hybridized carbons (Fsp3) is 0.391. The lowest BCUT2D eigenvalue weighted by Crippen LogP contribution is -2.52. The van der Waals surface area contributed by atoms with Gasteiger partial charge in [0, 0.05) is 31.9 Å². The Balaban J connectivity index is 1.45. The smallest absolute Gasteiger partial charge is 0.251 e. The van der Waals surface area contributed by atoms with Gasteiger partial charge in [-0.1, -0.05) is 29.8 Å². The molecule has 2 saturated heterocycles. The molecule has 2 aliphatic heterocycles. The Morgan fingerprint density at radius 3 is 2.14 bits per heavy atom. The van der Waals surface area contributed by atoms with Crippen LogP contribution < -0.4 is 9.80 Å². The van der Waals surface area contributed by atoms with Gasteiger partial charge >= 0.3 is 0 Å². The SMILES string of the molecule is Cc1ccc(N2C(=O)CC(N3CCN(c4cc(C)ccc4C)CC3)C2=O)cc1.